The smallest absolute Gasteiger partial charge is 0.350 e. The highest BCUT2D eigenvalue weighted by molar-refractivity contribution is 6.02. The molecule has 0 aromatic heterocycles. The minimum atomic E-state index is -5.11. The third-order valence-electron chi connectivity index (χ3n) is 5.16. The SMILES string of the molecule is Cc1ccc(NC(=O)N(CCNC(=O)c2cc(C(F)(F)F)cc(C(F)(F)F)c2)c2ccc(F)cc2)cc1. The number of nitrogens with zero attached hydrogens (tertiary/aromatic N) is 1. The topological polar surface area (TPSA) is 61.4 Å². The van der Waals surface area contributed by atoms with Crippen LogP contribution >= 0.6 is 0 Å². The molecule has 0 aliphatic rings. The quantitative estimate of drug-likeness (QED) is 0.353. The van der Waals surface area contributed by atoms with E-state index in [2.05, 4.69) is 10.6 Å². The Balaban J connectivity index is 1.78. The summed E-state index contributed by atoms with van der Waals surface area (Å²) in [6.45, 7) is 1.27. The summed E-state index contributed by atoms with van der Waals surface area (Å²) in [6.07, 6.45) is -10.2. The van der Waals surface area contributed by atoms with Crippen molar-refractivity contribution in [2.75, 3.05) is 23.3 Å². The molecule has 3 amide bonds. The first-order valence-electron chi connectivity index (χ1n) is 10.7. The molecule has 0 aliphatic heterocycles. The molecule has 0 bridgehead atoms. The largest absolute Gasteiger partial charge is 0.416 e. The Morgan fingerprint density at radius 2 is 1.35 bits per heavy atom. The maximum absolute atomic E-state index is 13.4. The summed E-state index contributed by atoms with van der Waals surface area (Å²) in [5.41, 5.74) is -2.48. The fourth-order valence-electron chi connectivity index (χ4n) is 3.27. The monoisotopic (exact) mass is 527 g/mol. The molecule has 3 aromatic carbocycles. The van der Waals surface area contributed by atoms with Crippen LogP contribution in [0.15, 0.2) is 66.7 Å². The van der Waals surface area contributed by atoms with Gasteiger partial charge in [0.1, 0.15) is 5.82 Å². The lowest BCUT2D eigenvalue weighted by Crippen LogP contribution is -2.41. The second kappa shape index (κ2) is 10.9. The van der Waals surface area contributed by atoms with Gasteiger partial charge in [0, 0.05) is 30.0 Å². The number of carbonyl (C=O) groups is 2. The van der Waals surface area contributed by atoms with E-state index in [9.17, 15) is 40.3 Å². The number of carbonyl (C=O) groups excluding carboxylic acids is 2. The number of benzene rings is 3. The maximum atomic E-state index is 13.4. The molecule has 196 valence electrons. The predicted octanol–water partition coefficient (Wildman–Crippen LogP) is 6.64. The van der Waals surface area contributed by atoms with Gasteiger partial charge >= 0.3 is 18.4 Å². The van der Waals surface area contributed by atoms with Crippen LogP contribution in [0.1, 0.15) is 27.0 Å². The highest BCUT2D eigenvalue weighted by Gasteiger charge is 2.37. The lowest BCUT2D eigenvalue weighted by Gasteiger charge is -2.23. The molecule has 0 atom stereocenters. The molecule has 0 spiro atoms. The molecule has 0 heterocycles. The van der Waals surface area contributed by atoms with E-state index in [1.807, 2.05) is 6.92 Å². The van der Waals surface area contributed by atoms with Gasteiger partial charge in [0.2, 0.25) is 0 Å². The molecule has 2 N–H and O–H groups in total. The van der Waals surface area contributed by atoms with Crippen LogP contribution in [0.3, 0.4) is 0 Å². The summed E-state index contributed by atoms with van der Waals surface area (Å²) in [5, 5.41) is 4.86. The molecular weight excluding hydrogens is 507 g/mol. The van der Waals surface area contributed by atoms with Gasteiger partial charge in [-0.1, -0.05) is 17.7 Å². The van der Waals surface area contributed by atoms with E-state index in [4.69, 9.17) is 0 Å². The van der Waals surface area contributed by atoms with E-state index in [0.717, 1.165) is 22.6 Å². The second-order valence-corrected chi connectivity index (χ2v) is 7.97. The van der Waals surface area contributed by atoms with Crippen molar-refractivity contribution in [3.63, 3.8) is 0 Å². The first kappa shape index (κ1) is 27.5. The fourth-order valence-corrected chi connectivity index (χ4v) is 3.27. The molecule has 5 nitrogen and oxygen atoms in total. The molecule has 12 heteroatoms. The van der Waals surface area contributed by atoms with Gasteiger partial charge in [-0.05, 0) is 61.5 Å². The van der Waals surface area contributed by atoms with E-state index in [1.54, 1.807) is 24.3 Å². The van der Waals surface area contributed by atoms with Crippen LogP contribution in [0, 0.1) is 12.7 Å². The van der Waals surface area contributed by atoms with Gasteiger partial charge in [-0.25, -0.2) is 9.18 Å². The summed E-state index contributed by atoms with van der Waals surface area (Å²) in [7, 11) is 0. The average molecular weight is 527 g/mol. The number of nitrogens with one attached hydrogen (secondary N) is 2. The summed E-state index contributed by atoms with van der Waals surface area (Å²) >= 11 is 0. The molecule has 0 aliphatic carbocycles. The highest BCUT2D eigenvalue weighted by Crippen LogP contribution is 2.36. The Labute approximate surface area is 206 Å². The van der Waals surface area contributed by atoms with Crippen molar-refractivity contribution in [2.24, 2.45) is 0 Å². The number of halogens is 7. The molecule has 0 saturated carbocycles. The molecule has 0 saturated heterocycles. The number of aryl methyl sites for hydroxylation is 1. The summed E-state index contributed by atoms with van der Waals surface area (Å²) in [6, 6.07) is 11.5. The lowest BCUT2D eigenvalue weighted by molar-refractivity contribution is -0.143. The van der Waals surface area contributed by atoms with E-state index in [-0.39, 0.29) is 24.8 Å². The first-order chi connectivity index (χ1) is 17.2. The van der Waals surface area contributed by atoms with Gasteiger partial charge in [-0.3, -0.25) is 9.69 Å². The maximum Gasteiger partial charge on any atom is 0.416 e. The van der Waals surface area contributed by atoms with Gasteiger partial charge in [-0.2, -0.15) is 26.3 Å². The lowest BCUT2D eigenvalue weighted by atomic mass is 10.0. The molecule has 3 aromatic rings. The van der Waals surface area contributed by atoms with Crippen LogP contribution in [-0.4, -0.2) is 25.0 Å². The predicted molar refractivity (Wildman–Crippen MR) is 123 cm³/mol. The number of hydrogen-bond donors (Lipinski definition) is 2. The molecular formula is C25H20F7N3O2. The Kier molecular flexibility index (Phi) is 8.09. The third-order valence-corrected chi connectivity index (χ3v) is 5.16. The Bertz CT molecular complexity index is 1220. The average Bonchev–Trinajstić information content (AvgIpc) is 2.82. The van der Waals surface area contributed by atoms with Crippen LogP contribution in [0.5, 0.6) is 0 Å². The van der Waals surface area contributed by atoms with Crippen LogP contribution < -0.4 is 15.5 Å². The van der Waals surface area contributed by atoms with Crippen molar-refractivity contribution in [2.45, 2.75) is 19.3 Å². The van der Waals surface area contributed by atoms with Crippen LogP contribution in [0.25, 0.3) is 0 Å². The van der Waals surface area contributed by atoms with Crippen LogP contribution in [-0.2, 0) is 12.4 Å². The van der Waals surface area contributed by atoms with Gasteiger partial charge < -0.3 is 10.6 Å². The molecule has 0 fully saturated rings. The van der Waals surface area contributed by atoms with Crippen molar-refractivity contribution in [1.82, 2.24) is 5.32 Å². The number of rotatable bonds is 6. The number of urea groups is 1. The number of anilines is 2. The minimum Gasteiger partial charge on any atom is -0.350 e. The third kappa shape index (κ3) is 7.45. The Morgan fingerprint density at radius 3 is 1.86 bits per heavy atom. The molecule has 0 radical (unpaired) electrons. The van der Waals surface area contributed by atoms with Crippen molar-refractivity contribution in [3.05, 3.63) is 94.8 Å². The van der Waals surface area contributed by atoms with Crippen molar-refractivity contribution >= 4 is 23.3 Å². The van der Waals surface area contributed by atoms with E-state index < -0.39 is 46.8 Å². The summed E-state index contributed by atoms with van der Waals surface area (Å²) in [5.74, 6) is -1.77. The Hall–Kier alpha value is -4.09. The number of hydrogen-bond acceptors (Lipinski definition) is 2. The first-order valence-corrected chi connectivity index (χ1v) is 10.7. The van der Waals surface area contributed by atoms with E-state index in [0.29, 0.717) is 17.8 Å². The zero-order valence-electron chi connectivity index (χ0n) is 19.2. The van der Waals surface area contributed by atoms with Gasteiger partial charge in [-0.15, -0.1) is 0 Å². The zero-order valence-corrected chi connectivity index (χ0v) is 19.2. The minimum absolute atomic E-state index is 0.0809. The van der Waals surface area contributed by atoms with E-state index in [1.165, 1.54) is 12.1 Å². The van der Waals surface area contributed by atoms with Crippen LogP contribution in [0.2, 0.25) is 0 Å². The summed E-state index contributed by atoms with van der Waals surface area (Å²) < 4.78 is 91.9. The Morgan fingerprint density at radius 1 is 0.811 bits per heavy atom. The molecule has 0 unspecified atom stereocenters. The molecule has 37 heavy (non-hydrogen) atoms. The van der Waals surface area contributed by atoms with E-state index >= 15 is 0 Å². The fraction of sp³-hybridized carbons (Fsp3) is 0.200. The van der Waals surface area contributed by atoms with Crippen LogP contribution in [0.4, 0.5) is 46.9 Å². The highest BCUT2D eigenvalue weighted by atomic mass is 19.4. The van der Waals surface area contributed by atoms with Crippen molar-refractivity contribution < 1.29 is 40.3 Å². The van der Waals surface area contributed by atoms with Crippen molar-refractivity contribution in [3.8, 4) is 0 Å². The normalized spacial score (nSPS) is 11.7. The van der Waals surface area contributed by atoms with Gasteiger partial charge in [0.05, 0.1) is 11.1 Å². The molecule has 3 rings (SSSR count). The number of amides is 3. The summed E-state index contributed by atoms with van der Waals surface area (Å²) in [4.78, 5) is 26.5. The van der Waals surface area contributed by atoms with Crippen molar-refractivity contribution in [1.29, 1.82) is 0 Å². The standard InChI is InChI=1S/C25H20F7N3O2/c1-15-2-6-20(7-3-15)34-23(37)35(21-8-4-19(26)5-9-21)11-10-33-22(36)16-12-17(24(27,28)29)14-18(13-16)25(30,31)32/h2-9,12-14H,10-11H2,1H3,(H,33,36)(H,34,37). The van der Waals surface area contributed by atoms with Gasteiger partial charge in [0.15, 0.2) is 0 Å². The zero-order chi connectivity index (χ0) is 27.4. The van der Waals surface area contributed by atoms with Gasteiger partial charge in [0.25, 0.3) is 5.91 Å². The second-order valence-electron chi connectivity index (χ2n) is 7.97. The number of alkyl halides is 6.